The van der Waals surface area contributed by atoms with E-state index in [9.17, 15) is 14.0 Å². The number of aryl methyl sites for hydroxylation is 1. The van der Waals surface area contributed by atoms with E-state index in [0.29, 0.717) is 11.1 Å². The van der Waals surface area contributed by atoms with Crippen LogP contribution in [0.15, 0.2) is 17.7 Å². The van der Waals surface area contributed by atoms with Crippen molar-refractivity contribution < 1.29 is 19.1 Å². The molecule has 2 rings (SSSR count). The van der Waals surface area contributed by atoms with Crippen LogP contribution in [0.2, 0.25) is 0 Å². The van der Waals surface area contributed by atoms with Crippen LogP contribution in [0.5, 0.6) is 0 Å². The van der Waals surface area contributed by atoms with Crippen molar-refractivity contribution in [2.75, 3.05) is 0 Å². The minimum absolute atomic E-state index is 0.0713. The summed E-state index contributed by atoms with van der Waals surface area (Å²) in [6.45, 7) is 1.52. The molecule has 1 aliphatic rings. The second kappa shape index (κ2) is 4.72. The molecule has 89 valence electrons. The van der Waals surface area contributed by atoms with Gasteiger partial charge >= 0.3 is 5.97 Å². The van der Waals surface area contributed by atoms with Crippen LogP contribution in [-0.4, -0.2) is 39.6 Å². The summed E-state index contributed by atoms with van der Waals surface area (Å²) in [5.41, 5.74) is 0.0307. The number of allylic oxidation sites excluding steroid dienone is 1. The van der Waals surface area contributed by atoms with E-state index in [1.807, 2.05) is 0 Å². The van der Waals surface area contributed by atoms with Crippen molar-refractivity contribution in [2.24, 2.45) is 0 Å². The van der Waals surface area contributed by atoms with Crippen molar-refractivity contribution in [3.8, 4) is 0 Å². The maximum atomic E-state index is 13.9. The molecule has 0 aromatic heterocycles. The van der Waals surface area contributed by atoms with E-state index in [0.717, 1.165) is 13.2 Å². The van der Waals surface area contributed by atoms with E-state index in [-0.39, 0.29) is 11.0 Å². The molecule has 1 unspecified atom stereocenters. The molecular formula is C12H7B3FO3. The van der Waals surface area contributed by atoms with Crippen molar-refractivity contribution in [2.45, 2.75) is 12.7 Å². The summed E-state index contributed by atoms with van der Waals surface area (Å²) >= 11 is 0. The number of carboxylic acid groups (broad SMARTS) is 1. The first-order valence-corrected chi connectivity index (χ1v) is 5.51. The van der Waals surface area contributed by atoms with Gasteiger partial charge in [0.15, 0.2) is 5.78 Å². The van der Waals surface area contributed by atoms with Gasteiger partial charge in [0, 0.05) is 13.3 Å². The van der Waals surface area contributed by atoms with Gasteiger partial charge in [-0.15, -0.1) is 0 Å². The Bertz CT molecular complexity index is 625. The number of fused-ring (bicyclic) bond motifs is 1. The molecule has 3 nitrogen and oxygen atoms in total. The monoisotopic (exact) mass is 251 g/mol. The molecule has 0 fully saturated rings. The Morgan fingerprint density at radius 2 is 2.16 bits per heavy atom. The summed E-state index contributed by atoms with van der Waals surface area (Å²) in [5, 5.41) is 8.96. The van der Waals surface area contributed by atoms with Gasteiger partial charge in [-0.1, -0.05) is 17.6 Å². The number of hydrogen-bond donors (Lipinski definition) is 1. The highest BCUT2D eigenvalue weighted by atomic mass is 19.1. The highest BCUT2D eigenvalue weighted by molar-refractivity contribution is 6.98. The zero-order chi connectivity index (χ0) is 14.3. The van der Waals surface area contributed by atoms with Crippen molar-refractivity contribution in [1.82, 2.24) is 0 Å². The van der Waals surface area contributed by atoms with Gasteiger partial charge in [-0.25, -0.2) is 9.18 Å². The summed E-state index contributed by atoms with van der Waals surface area (Å²) in [6.07, 6.45) is 1.16. The number of ketones is 1. The summed E-state index contributed by atoms with van der Waals surface area (Å²) in [4.78, 5) is 23.1. The Balaban J connectivity index is 2.76. The molecule has 1 atom stereocenters. The van der Waals surface area contributed by atoms with E-state index in [1.165, 1.54) is 13.0 Å². The summed E-state index contributed by atoms with van der Waals surface area (Å²) in [5.74, 6) is -3.60. The van der Waals surface area contributed by atoms with E-state index >= 15 is 0 Å². The minimum atomic E-state index is -1.39. The zero-order valence-corrected chi connectivity index (χ0v) is 10.1. The average molecular weight is 251 g/mol. The Kier molecular flexibility index (Phi) is 3.39. The van der Waals surface area contributed by atoms with Gasteiger partial charge in [-0.3, -0.25) is 4.79 Å². The molecular weight excluding hydrogens is 244 g/mol. The van der Waals surface area contributed by atoms with E-state index in [2.05, 4.69) is 0 Å². The number of carbonyl (C=O) groups is 2. The van der Waals surface area contributed by atoms with Crippen LogP contribution in [0.4, 0.5) is 4.39 Å². The molecule has 0 amide bonds. The SMILES string of the molecule is [B][B]c1c(F)c(C)cc2c1C(=O)C(C(=O)O)=CC2[B]. The third-order valence-electron chi connectivity index (χ3n) is 3.09. The largest absolute Gasteiger partial charge is 0.478 e. The number of carboxylic acids is 1. The average Bonchev–Trinajstić information content (AvgIpc) is 2.35. The van der Waals surface area contributed by atoms with Crippen LogP contribution >= 0.6 is 0 Å². The predicted octanol–water partition coefficient (Wildman–Crippen LogP) is -0.0360. The molecule has 1 aromatic rings. The molecule has 0 aliphatic heterocycles. The maximum Gasteiger partial charge on any atom is 0.339 e. The molecule has 5 radical (unpaired) electrons. The topological polar surface area (TPSA) is 54.4 Å². The van der Waals surface area contributed by atoms with Crippen molar-refractivity contribution in [3.05, 3.63) is 40.2 Å². The normalized spacial score (nSPS) is 17.7. The number of carbonyl (C=O) groups excluding carboxylic acids is 1. The summed E-state index contributed by atoms with van der Waals surface area (Å²) < 4.78 is 13.9. The lowest BCUT2D eigenvalue weighted by Gasteiger charge is -2.23. The lowest BCUT2D eigenvalue weighted by molar-refractivity contribution is -0.132. The first kappa shape index (κ1) is 13.7. The summed E-state index contributed by atoms with van der Waals surface area (Å²) in [6, 6.07) is 1.44. The first-order valence-electron chi connectivity index (χ1n) is 5.51. The van der Waals surface area contributed by atoms with Gasteiger partial charge in [-0.05, 0) is 23.9 Å². The number of aliphatic carboxylic acids is 1. The van der Waals surface area contributed by atoms with Crippen molar-refractivity contribution in [3.63, 3.8) is 0 Å². The molecule has 1 aliphatic carbocycles. The predicted molar refractivity (Wildman–Crippen MR) is 70.8 cm³/mol. The number of halogens is 1. The lowest BCUT2D eigenvalue weighted by Crippen LogP contribution is -2.34. The Morgan fingerprint density at radius 1 is 1.53 bits per heavy atom. The quantitative estimate of drug-likeness (QED) is 0.592. The lowest BCUT2D eigenvalue weighted by atomic mass is 9.48. The second-order valence-corrected chi connectivity index (χ2v) is 4.29. The maximum absolute atomic E-state index is 13.9. The van der Waals surface area contributed by atoms with Crippen molar-refractivity contribution in [1.29, 1.82) is 0 Å². The van der Waals surface area contributed by atoms with Crippen LogP contribution in [0, 0.1) is 12.7 Å². The smallest absolute Gasteiger partial charge is 0.339 e. The fourth-order valence-electron chi connectivity index (χ4n) is 2.17. The number of rotatable bonds is 2. The molecule has 0 saturated carbocycles. The fraction of sp³-hybridized carbons (Fsp3) is 0.167. The van der Waals surface area contributed by atoms with Gasteiger partial charge in [0.1, 0.15) is 18.6 Å². The van der Waals surface area contributed by atoms with Crippen molar-refractivity contribution >= 4 is 40.0 Å². The molecule has 7 heteroatoms. The van der Waals surface area contributed by atoms with Crippen LogP contribution in [-0.2, 0) is 4.79 Å². The number of benzene rings is 1. The van der Waals surface area contributed by atoms with Gasteiger partial charge in [0.05, 0.1) is 7.85 Å². The molecule has 0 heterocycles. The Labute approximate surface area is 112 Å². The molecule has 0 saturated heterocycles. The molecule has 0 spiro atoms. The van der Waals surface area contributed by atoms with Gasteiger partial charge < -0.3 is 5.11 Å². The van der Waals surface area contributed by atoms with Crippen LogP contribution in [0.3, 0.4) is 0 Å². The third-order valence-corrected chi connectivity index (χ3v) is 3.09. The molecule has 19 heavy (non-hydrogen) atoms. The first-order chi connectivity index (χ1) is 8.88. The van der Waals surface area contributed by atoms with Gasteiger partial charge in [-0.2, -0.15) is 0 Å². The fourth-order valence-corrected chi connectivity index (χ4v) is 2.17. The highest BCUT2D eigenvalue weighted by Crippen LogP contribution is 2.29. The zero-order valence-electron chi connectivity index (χ0n) is 10.1. The van der Waals surface area contributed by atoms with E-state index < -0.39 is 29.0 Å². The Morgan fingerprint density at radius 3 is 2.68 bits per heavy atom. The van der Waals surface area contributed by atoms with Crippen LogP contribution < -0.4 is 5.46 Å². The standard InChI is InChI=1S/C12H7B3FO3/c1-4-2-5-7(13)3-6(12(18)19)11(17)8(5)9(15-14)10(4)16/h2-3,7H,1H3,(H,18,19). The second-order valence-electron chi connectivity index (χ2n) is 4.29. The number of Topliss-reactive ketones (excluding diaryl/α,β-unsaturated/α-hetero) is 1. The van der Waals surface area contributed by atoms with E-state index in [4.69, 9.17) is 20.7 Å². The molecule has 1 aromatic carbocycles. The summed E-state index contributed by atoms with van der Waals surface area (Å²) in [7, 11) is 12.1. The number of hydrogen-bond acceptors (Lipinski definition) is 2. The molecule has 1 N–H and O–H groups in total. The Hall–Kier alpha value is -1.78. The van der Waals surface area contributed by atoms with Crippen LogP contribution in [0.1, 0.15) is 27.3 Å². The van der Waals surface area contributed by atoms with Gasteiger partial charge in [0.25, 0.3) is 0 Å². The highest BCUT2D eigenvalue weighted by Gasteiger charge is 2.31. The third kappa shape index (κ3) is 2.03. The van der Waals surface area contributed by atoms with Gasteiger partial charge in [0.2, 0.25) is 0 Å². The minimum Gasteiger partial charge on any atom is -0.478 e. The van der Waals surface area contributed by atoms with Crippen LogP contribution in [0.25, 0.3) is 0 Å². The molecule has 0 bridgehead atoms. The van der Waals surface area contributed by atoms with E-state index in [1.54, 1.807) is 0 Å².